The van der Waals surface area contributed by atoms with Crippen molar-refractivity contribution in [3.8, 4) is 6.07 Å². The molecule has 6 nitrogen and oxygen atoms in total. The Kier molecular flexibility index (Phi) is 7.77. The molecule has 0 saturated carbocycles. The highest BCUT2D eigenvalue weighted by molar-refractivity contribution is 7.43. The van der Waals surface area contributed by atoms with E-state index in [-0.39, 0.29) is 18.7 Å². The monoisotopic (exact) mass is 249 g/mol. The van der Waals surface area contributed by atoms with E-state index in [1.807, 2.05) is 32.6 Å². The third-order valence-electron chi connectivity index (χ3n) is 2.06. The average Bonchev–Trinajstić information content (AvgIpc) is 2.14. The van der Waals surface area contributed by atoms with Crippen molar-refractivity contribution in [2.24, 2.45) is 5.50 Å². The zero-order chi connectivity index (χ0) is 12.7. The van der Waals surface area contributed by atoms with E-state index in [4.69, 9.17) is 20.5 Å². The molecule has 2 unspecified atom stereocenters. The number of nitriles is 1. The molecule has 0 bridgehead atoms. The van der Waals surface area contributed by atoms with E-state index in [1.54, 1.807) is 0 Å². The zero-order valence-corrected chi connectivity index (χ0v) is 11.0. The van der Waals surface area contributed by atoms with Crippen molar-refractivity contribution in [1.82, 2.24) is 4.90 Å². The second-order valence-electron chi connectivity index (χ2n) is 3.94. The standard InChI is InChI=1S/C9H20N3O3P/c1-7(2)12(8(3)4)9(5-10)6-14-15-16(11)13/h7-9,13H,6,11H2,1-4H3. The molecule has 0 radical (unpaired) electrons. The summed E-state index contributed by atoms with van der Waals surface area (Å²) >= 11 is 0. The Bertz CT molecular complexity index is 223. The molecule has 0 aromatic heterocycles. The number of nitrogens with zero attached hydrogens (tertiary/aromatic N) is 2. The van der Waals surface area contributed by atoms with E-state index in [9.17, 15) is 0 Å². The first-order valence-corrected chi connectivity index (χ1v) is 6.38. The molecule has 16 heavy (non-hydrogen) atoms. The molecule has 3 N–H and O–H groups in total. The Morgan fingerprint density at radius 3 is 2.19 bits per heavy atom. The van der Waals surface area contributed by atoms with Crippen LogP contribution in [0.4, 0.5) is 0 Å². The van der Waals surface area contributed by atoms with Crippen LogP contribution in [-0.2, 0) is 9.56 Å². The lowest BCUT2D eigenvalue weighted by Gasteiger charge is -2.33. The molecule has 0 saturated heterocycles. The number of hydrogen-bond acceptors (Lipinski definition) is 6. The van der Waals surface area contributed by atoms with Gasteiger partial charge in [0.1, 0.15) is 12.6 Å². The first kappa shape index (κ1) is 15.7. The highest BCUT2D eigenvalue weighted by atomic mass is 31.2. The SMILES string of the molecule is CC(C)N(C(C)C)C(C#N)COOP(N)O. The van der Waals surface area contributed by atoms with E-state index in [2.05, 4.69) is 10.7 Å². The van der Waals surface area contributed by atoms with E-state index in [1.165, 1.54) is 0 Å². The van der Waals surface area contributed by atoms with Crippen molar-refractivity contribution in [2.75, 3.05) is 6.61 Å². The van der Waals surface area contributed by atoms with Crippen LogP contribution in [0.1, 0.15) is 27.7 Å². The summed E-state index contributed by atoms with van der Waals surface area (Å²) in [6, 6.07) is 2.17. The quantitative estimate of drug-likeness (QED) is 0.399. The van der Waals surface area contributed by atoms with Crippen molar-refractivity contribution in [2.45, 2.75) is 45.8 Å². The van der Waals surface area contributed by atoms with Crippen LogP contribution < -0.4 is 5.50 Å². The lowest BCUT2D eigenvalue weighted by Crippen LogP contribution is -2.46. The minimum absolute atomic E-state index is 0.0590. The highest BCUT2D eigenvalue weighted by Crippen LogP contribution is 2.20. The summed E-state index contributed by atoms with van der Waals surface area (Å²) < 4.78 is 4.40. The van der Waals surface area contributed by atoms with Gasteiger partial charge in [-0.25, -0.2) is 4.89 Å². The molecule has 0 spiro atoms. The fourth-order valence-corrected chi connectivity index (χ4v) is 1.82. The van der Waals surface area contributed by atoms with Gasteiger partial charge < -0.3 is 4.89 Å². The molecule has 94 valence electrons. The fraction of sp³-hybridized carbons (Fsp3) is 0.889. The normalized spacial score (nSPS) is 15.5. The number of nitrogens with two attached hydrogens (primary N) is 1. The van der Waals surface area contributed by atoms with Gasteiger partial charge in [0.25, 0.3) is 8.53 Å². The Morgan fingerprint density at radius 2 is 1.88 bits per heavy atom. The predicted molar refractivity (Wildman–Crippen MR) is 61.9 cm³/mol. The Balaban J connectivity index is 4.29. The first-order chi connectivity index (χ1) is 7.40. The van der Waals surface area contributed by atoms with Crippen LogP contribution in [0.5, 0.6) is 0 Å². The van der Waals surface area contributed by atoms with Crippen molar-refractivity contribution in [3.05, 3.63) is 0 Å². The maximum absolute atomic E-state index is 9.04. The molecule has 2 atom stereocenters. The summed E-state index contributed by atoms with van der Waals surface area (Å²) in [5, 5.41) is 9.04. The molecule has 0 heterocycles. The summed E-state index contributed by atoms with van der Waals surface area (Å²) in [6.07, 6.45) is 0. The van der Waals surface area contributed by atoms with Gasteiger partial charge in [-0.2, -0.15) is 9.94 Å². The van der Waals surface area contributed by atoms with E-state index >= 15 is 0 Å². The summed E-state index contributed by atoms with van der Waals surface area (Å²) in [5.41, 5.74) is 4.99. The Hall–Kier alpha value is -0.280. The molecule has 0 aliphatic rings. The van der Waals surface area contributed by atoms with Crippen LogP contribution in [0.15, 0.2) is 0 Å². The van der Waals surface area contributed by atoms with Gasteiger partial charge in [0, 0.05) is 12.1 Å². The Morgan fingerprint density at radius 1 is 1.38 bits per heavy atom. The van der Waals surface area contributed by atoms with Crippen LogP contribution in [0.2, 0.25) is 0 Å². The van der Waals surface area contributed by atoms with Gasteiger partial charge in [-0.1, -0.05) is 0 Å². The van der Waals surface area contributed by atoms with E-state index < -0.39 is 14.6 Å². The second kappa shape index (κ2) is 7.91. The maximum atomic E-state index is 9.04. The minimum Gasteiger partial charge on any atom is -0.336 e. The summed E-state index contributed by atoms with van der Waals surface area (Å²) in [4.78, 5) is 15.4. The molecule has 7 heteroatoms. The molecule has 0 amide bonds. The van der Waals surface area contributed by atoms with Crippen molar-refractivity contribution >= 4 is 8.53 Å². The van der Waals surface area contributed by atoms with Gasteiger partial charge in [0.2, 0.25) is 0 Å². The summed E-state index contributed by atoms with van der Waals surface area (Å²) in [5.74, 6) is 0. The molecular formula is C9H20N3O3P. The highest BCUT2D eigenvalue weighted by Gasteiger charge is 2.24. The zero-order valence-electron chi connectivity index (χ0n) is 10.1. The van der Waals surface area contributed by atoms with E-state index in [0.717, 1.165) is 0 Å². The number of hydrogen-bond donors (Lipinski definition) is 2. The smallest absolute Gasteiger partial charge is 0.283 e. The third-order valence-corrected chi connectivity index (χ3v) is 2.31. The lowest BCUT2D eigenvalue weighted by molar-refractivity contribution is -0.215. The first-order valence-electron chi connectivity index (χ1n) is 5.10. The topological polar surface area (TPSA) is 91.7 Å². The van der Waals surface area contributed by atoms with Gasteiger partial charge in [0.05, 0.1) is 6.07 Å². The molecule has 0 aromatic rings. The second-order valence-corrected chi connectivity index (χ2v) is 4.70. The van der Waals surface area contributed by atoms with Crippen LogP contribution in [0, 0.1) is 11.3 Å². The third kappa shape index (κ3) is 5.71. The lowest BCUT2D eigenvalue weighted by atomic mass is 10.1. The summed E-state index contributed by atoms with van der Waals surface area (Å²) in [7, 11) is -2.04. The average molecular weight is 249 g/mol. The van der Waals surface area contributed by atoms with Crippen molar-refractivity contribution in [3.63, 3.8) is 0 Å². The fourth-order valence-electron chi connectivity index (χ4n) is 1.65. The molecular weight excluding hydrogens is 229 g/mol. The maximum Gasteiger partial charge on any atom is 0.283 e. The Labute approximate surface area is 97.8 Å². The van der Waals surface area contributed by atoms with Gasteiger partial charge in [-0.15, -0.1) is 0 Å². The molecule has 0 rings (SSSR count). The minimum atomic E-state index is -2.04. The predicted octanol–water partition coefficient (Wildman–Crippen LogP) is 1.12. The van der Waals surface area contributed by atoms with Gasteiger partial charge in [-0.3, -0.25) is 10.4 Å². The largest absolute Gasteiger partial charge is 0.336 e. The summed E-state index contributed by atoms with van der Waals surface area (Å²) in [6.45, 7) is 8.09. The van der Waals surface area contributed by atoms with Gasteiger partial charge in [-0.05, 0) is 27.7 Å². The molecule has 0 aliphatic carbocycles. The van der Waals surface area contributed by atoms with E-state index in [0.29, 0.717) is 0 Å². The molecule has 0 aliphatic heterocycles. The van der Waals surface area contributed by atoms with Gasteiger partial charge >= 0.3 is 0 Å². The van der Waals surface area contributed by atoms with Crippen LogP contribution in [0.3, 0.4) is 0 Å². The van der Waals surface area contributed by atoms with Gasteiger partial charge in [0.15, 0.2) is 0 Å². The molecule has 0 fully saturated rings. The van der Waals surface area contributed by atoms with Crippen molar-refractivity contribution < 1.29 is 14.5 Å². The van der Waals surface area contributed by atoms with Crippen LogP contribution in [-0.4, -0.2) is 34.5 Å². The number of rotatable bonds is 7. The van der Waals surface area contributed by atoms with Crippen LogP contribution in [0.25, 0.3) is 0 Å². The van der Waals surface area contributed by atoms with Crippen molar-refractivity contribution in [1.29, 1.82) is 5.26 Å². The van der Waals surface area contributed by atoms with Crippen LogP contribution >= 0.6 is 8.53 Å². The molecule has 0 aromatic carbocycles.